The summed E-state index contributed by atoms with van der Waals surface area (Å²) in [6.07, 6.45) is 2.96. The van der Waals surface area contributed by atoms with Crippen LogP contribution in [0.2, 0.25) is 0 Å². The SMILES string of the molecule is CN1C(=N)N[C@](C)(c2ccnc(-c3cccnc3F)c2)[C@H](c2ccccc2)C1=O. The Morgan fingerprint density at radius 2 is 1.86 bits per heavy atom. The molecule has 0 bridgehead atoms. The van der Waals surface area contributed by atoms with Crippen molar-refractivity contribution in [2.45, 2.75) is 18.4 Å². The largest absolute Gasteiger partial charge is 0.346 e. The molecule has 0 radical (unpaired) electrons. The standard InChI is InChI=1S/C22H20FN5O/c1-22(15-10-12-25-17(13-15)16-9-6-11-26-19(16)23)18(14-7-4-3-5-8-14)20(29)28(2)21(24)27-22/h3-13,18H,1-2H3,(H2,24,27)/t18-,22-/m1/s1. The van der Waals surface area contributed by atoms with E-state index in [1.54, 1.807) is 37.5 Å². The van der Waals surface area contributed by atoms with Crippen molar-refractivity contribution in [3.8, 4) is 11.3 Å². The van der Waals surface area contributed by atoms with E-state index in [2.05, 4.69) is 15.3 Å². The van der Waals surface area contributed by atoms with Crippen molar-refractivity contribution in [2.24, 2.45) is 0 Å². The minimum Gasteiger partial charge on any atom is -0.346 e. The summed E-state index contributed by atoms with van der Waals surface area (Å²) in [5.41, 5.74) is 1.34. The van der Waals surface area contributed by atoms with Gasteiger partial charge in [-0.1, -0.05) is 30.3 Å². The number of likely N-dealkylation sites (N-methyl/N-ethyl adjacent to an activating group) is 1. The maximum Gasteiger partial charge on any atom is 0.239 e. The van der Waals surface area contributed by atoms with Crippen molar-refractivity contribution in [1.82, 2.24) is 20.2 Å². The molecule has 0 spiro atoms. The van der Waals surface area contributed by atoms with Gasteiger partial charge in [0.25, 0.3) is 0 Å². The number of hydrogen-bond donors (Lipinski definition) is 2. The number of guanidine groups is 1. The molecule has 2 atom stereocenters. The van der Waals surface area contributed by atoms with Gasteiger partial charge >= 0.3 is 0 Å². The molecule has 1 saturated heterocycles. The molecular formula is C22H20FN5O. The first kappa shape index (κ1) is 18.7. The molecule has 2 aromatic heterocycles. The lowest BCUT2D eigenvalue weighted by molar-refractivity contribution is -0.131. The maximum absolute atomic E-state index is 14.2. The second-order valence-electron chi connectivity index (χ2n) is 7.19. The van der Waals surface area contributed by atoms with Gasteiger partial charge in [0.05, 0.1) is 22.7 Å². The van der Waals surface area contributed by atoms with Crippen molar-refractivity contribution < 1.29 is 9.18 Å². The zero-order valence-electron chi connectivity index (χ0n) is 16.1. The van der Waals surface area contributed by atoms with E-state index in [1.807, 2.05) is 37.3 Å². The van der Waals surface area contributed by atoms with Gasteiger partial charge in [-0.15, -0.1) is 0 Å². The first-order chi connectivity index (χ1) is 13.9. The van der Waals surface area contributed by atoms with Crippen molar-refractivity contribution in [3.05, 3.63) is 84.1 Å². The number of halogens is 1. The second-order valence-corrected chi connectivity index (χ2v) is 7.19. The van der Waals surface area contributed by atoms with Crippen LogP contribution >= 0.6 is 0 Å². The topological polar surface area (TPSA) is 82.0 Å². The van der Waals surface area contributed by atoms with Crippen molar-refractivity contribution in [3.63, 3.8) is 0 Å². The van der Waals surface area contributed by atoms with Gasteiger partial charge in [-0.05, 0) is 42.3 Å². The Balaban J connectivity index is 1.87. The van der Waals surface area contributed by atoms with Crippen LogP contribution < -0.4 is 5.32 Å². The van der Waals surface area contributed by atoms with Gasteiger partial charge in [-0.25, -0.2) is 4.98 Å². The van der Waals surface area contributed by atoms with E-state index in [1.165, 1.54) is 11.1 Å². The third kappa shape index (κ3) is 3.14. The minimum atomic E-state index is -0.918. The molecule has 0 saturated carbocycles. The number of nitrogens with one attached hydrogen (secondary N) is 2. The smallest absolute Gasteiger partial charge is 0.239 e. The summed E-state index contributed by atoms with van der Waals surface area (Å²) in [7, 11) is 1.58. The zero-order chi connectivity index (χ0) is 20.6. The number of benzene rings is 1. The van der Waals surface area contributed by atoms with Gasteiger partial charge in [0.15, 0.2) is 5.96 Å². The van der Waals surface area contributed by atoms with Gasteiger partial charge in [-0.2, -0.15) is 4.39 Å². The van der Waals surface area contributed by atoms with Crippen LogP contribution in [0, 0.1) is 11.4 Å². The van der Waals surface area contributed by atoms with Crippen LogP contribution in [0.4, 0.5) is 4.39 Å². The fourth-order valence-electron chi connectivity index (χ4n) is 3.79. The Morgan fingerprint density at radius 3 is 2.59 bits per heavy atom. The molecular weight excluding hydrogens is 369 g/mol. The lowest BCUT2D eigenvalue weighted by Crippen LogP contribution is -2.62. The van der Waals surface area contributed by atoms with Crippen LogP contribution in [0.3, 0.4) is 0 Å². The van der Waals surface area contributed by atoms with Crippen molar-refractivity contribution >= 4 is 11.9 Å². The maximum atomic E-state index is 14.2. The van der Waals surface area contributed by atoms with E-state index in [0.29, 0.717) is 5.69 Å². The summed E-state index contributed by atoms with van der Waals surface area (Å²) in [6, 6.07) is 16.2. The summed E-state index contributed by atoms with van der Waals surface area (Å²) >= 11 is 0. The third-order valence-electron chi connectivity index (χ3n) is 5.40. The lowest BCUT2D eigenvalue weighted by atomic mass is 9.73. The van der Waals surface area contributed by atoms with Crippen LogP contribution in [0.5, 0.6) is 0 Å². The molecule has 7 heteroatoms. The zero-order valence-corrected chi connectivity index (χ0v) is 16.1. The molecule has 1 aromatic carbocycles. The van der Waals surface area contributed by atoms with Gasteiger partial charge < -0.3 is 5.32 Å². The van der Waals surface area contributed by atoms with Gasteiger partial charge in [0.2, 0.25) is 11.9 Å². The molecule has 0 unspecified atom stereocenters. The number of rotatable bonds is 3. The summed E-state index contributed by atoms with van der Waals surface area (Å²) in [5, 5.41) is 11.4. The first-order valence-corrected chi connectivity index (χ1v) is 9.18. The predicted octanol–water partition coefficient (Wildman–Crippen LogP) is 3.28. The molecule has 1 aliphatic heterocycles. The molecule has 3 aromatic rings. The number of pyridine rings is 2. The van der Waals surface area contributed by atoms with Crippen LogP contribution in [-0.2, 0) is 10.3 Å². The summed E-state index contributed by atoms with van der Waals surface area (Å²) < 4.78 is 14.2. The van der Waals surface area contributed by atoms with Gasteiger partial charge in [0.1, 0.15) is 0 Å². The van der Waals surface area contributed by atoms with Crippen LogP contribution in [0.15, 0.2) is 67.0 Å². The predicted molar refractivity (Wildman–Crippen MR) is 108 cm³/mol. The molecule has 1 amide bonds. The average molecular weight is 389 g/mol. The van der Waals surface area contributed by atoms with E-state index >= 15 is 0 Å². The Kier molecular flexibility index (Phi) is 4.58. The molecule has 4 rings (SSSR count). The third-order valence-corrected chi connectivity index (χ3v) is 5.40. The number of hydrogen-bond acceptors (Lipinski definition) is 4. The first-order valence-electron chi connectivity index (χ1n) is 9.18. The lowest BCUT2D eigenvalue weighted by Gasteiger charge is -2.46. The van der Waals surface area contributed by atoms with Crippen LogP contribution in [0.1, 0.15) is 24.0 Å². The van der Waals surface area contributed by atoms with E-state index in [9.17, 15) is 9.18 Å². The van der Waals surface area contributed by atoms with Crippen molar-refractivity contribution in [1.29, 1.82) is 5.41 Å². The number of nitrogens with zero attached hydrogens (tertiary/aromatic N) is 3. The fraction of sp³-hybridized carbons (Fsp3) is 0.182. The van der Waals surface area contributed by atoms with Crippen LogP contribution in [-0.4, -0.2) is 33.8 Å². The number of amides is 1. The molecule has 2 N–H and O–H groups in total. The minimum absolute atomic E-state index is 0.00982. The highest BCUT2D eigenvalue weighted by Gasteiger charge is 2.48. The normalized spacial score (nSPS) is 21.8. The Bertz CT molecular complexity index is 1090. The molecule has 3 heterocycles. The Labute approximate surface area is 167 Å². The quantitative estimate of drug-likeness (QED) is 0.674. The molecule has 1 fully saturated rings. The number of carbonyl (C=O) groups is 1. The summed E-state index contributed by atoms with van der Waals surface area (Å²) in [4.78, 5) is 22.5. The van der Waals surface area contributed by atoms with Crippen LogP contribution in [0.25, 0.3) is 11.3 Å². The summed E-state index contributed by atoms with van der Waals surface area (Å²) in [6.45, 7) is 1.88. The number of carbonyl (C=O) groups excluding carboxylic acids is 1. The monoisotopic (exact) mass is 389 g/mol. The highest BCUT2D eigenvalue weighted by atomic mass is 19.1. The van der Waals surface area contributed by atoms with E-state index in [0.717, 1.165) is 11.1 Å². The van der Waals surface area contributed by atoms with Crippen molar-refractivity contribution in [2.75, 3.05) is 7.05 Å². The Morgan fingerprint density at radius 1 is 1.10 bits per heavy atom. The fourth-order valence-corrected chi connectivity index (χ4v) is 3.79. The molecule has 6 nitrogen and oxygen atoms in total. The highest BCUT2D eigenvalue weighted by Crippen LogP contribution is 2.41. The molecule has 146 valence electrons. The van der Waals surface area contributed by atoms with E-state index in [4.69, 9.17) is 5.41 Å². The van der Waals surface area contributed by atoms with E-state index < -0.39 is 17.4 Å². The van der Waals surface area contributed by atoms with Gasteiger partial charge in [-0.3, -0.25) is 20.1 Å². The molecule has 1 aliphatic rings. The highest BCUT2D eigenvalue weighted by molar-refractivity contribution is 6.02. The molecule has 0 aliphatic carbocycles. The van der Waals surface area contributed by atoms with E-state index in [-0.39, 0.29) is 17.4 Å². The Hall–Kier alpha value is -3.61. The second kappa shape index (κ2) is 7.09. The number of aromatic nitrogens is 2. The molecule has 29 heavy (non-hydrogen) atoms. The average Bonchev–Trinajstić information content (AvgIpc) is 2.73. The van der Waals surface area contributed by atoms with Gasteiger partial charge in [0, 0.05) is 19.4 Å². The summed E-state index contributed by atoms with van der Waals surface area (Å²) in [5.74, 6) is -1.36.